The second kappa shape index (κ2) is 7.73. The molecule has 0 unspecified atom stereocenters. The zero-order chi connectivity index (χ0) is 21.6. The molecule has 2 amide bonds. The topological polar surface area (TPSA) is 147 Å². The van der Waals surface area contributed by atoms with Crippen LogP contribution < -0.4 is 11.1 Å². The Hall–Kier alpha value is -2.34. The number of nitrogens with zero attached hydrogens (tertiary/aromatic N) is 3. The average molecular weight is 454 g/mol. The van der Waals surface area contributed by atoms with E-state index in [1.807, 2.05) is 0 Å². The number of rotatable bonds is 6. The minimum atomic E-state index is -1.06. The lowest BCUT2D eigenvalue weighted by atomic mass is 9.96. The Balaban J connectivity index is 1.51. The Morgan fingerprint density at radius 3 is 2.70 bits per heavy atom. The number of hydrogen-bond acceptors (Lipinski definition) is 9. The van der Waals surface area contributed by atoms with Crippen LogP contribution in [0.3, 0.4) is 0 Å². The van der Waals surface area contributed by atoms with E-state index >= 15 is 0 Å². The van der Waals surface area contributed by atoms with Crippen LogP contribution in [0, 0.1) is 0 Å². The van der Waals surface area contributed by atoms with E-state index in [0.717, 1.165) is 25.7 Å². The average Bonchev–Trinajstić information content (AvgIpc) is 3.38. The molecular weight excluding hydrogens is 430 g/mol. The first kappa shape index (κ1) is 20.9. The zero-order valence-corrected chi connectivity index (χ0v) is 18.2. The number of nitrogen functional groups attached to an aromatic ring is 1. The smallest absolute Gasteiger partial charge is 0.327 e. The Labute approximate surface area is 181 Å². The molecule has 0 radical (unpaired) electrons. The third-order valence-corrected chi connectivity index (χ3v) is 7.78. The summed E-state index contributed by atoms with van der Waals surface area (Å²) in [5.41, 5.74) is 5.93. The van der Waals surface area contributed by atoms with Gasteiger partial charge < -0.3 is 25.9 Å². The molecule has 12 heteroatoms. The standard InChI is InChI=1S/C18H23N5O5S2/c1-18(2)12(16(26)27)23-14(25)11(15(23)30-18)21-13(24)10(9-7-29-17(19)20-9)22-28-8-5-3-4-6-8/h7-8,11-12,15H,3-6H2,1-2H3,(H2,19,20)(H,21,24)(H,26,27)/b22-10-/t11-,12-,15+/m0/s1. The van der Waals surface area contributed by atoms with Crippen molar-refractivity contribution in [1.82, 2.24) is 15.2 Å². The fraction of sp³-hybridized carbons (Fsp3) is 0.611. The highest BCUT2D eigenvalue weighted by molar-refractivity contribution is 8.01. The summed E-state index contributed by atoms with van der Waals surface area (Å²) in [4.78, 5) is 48.3. The number of carbonyl (C=O) groups excluding carboxylic acids is 2. The Morgan fingerprint density at radius 2 is 2.10 bits per heavy atom. The zero-order valence-electron chi connectivity index (χ0n) is 16.5. The van der Waals surface area contributed by atoms with E-state index in [1.54, 1.807) is 19.2 Å². The van der Waals surface area contributed by atoms with Crippen molar-refractivity contribution < 1.29 is 24.3 Å². The first-order valence-corrected chi connectivity index (χ1v) is 11.4. The molecule has 1 saturated carbocycles. The summed E-state index contributed by atoms with van der Waals surface area (Å²) in [6.07, 6.45) is 3.80. The maximum atomic E-state index is 13.0. The molecule has 4 rings (SSSR count). The Bertz CT molecular complexity index is 911. The number of anilines is 1. The van der Waals surface area contributed by atoms with Crippen LogP contribution in [0.1, 0.15) is 45.2 Å². The summed E-state index contributed by atoms with van der Waals surface area (Å²) in [7, 11) is 0. The normalized spacial score (nSPS) is 28.2. The van der Waals surface area contributed by atoms with Gasteiger partial charge in [-0.2, -0.15) is 0 Å². The van der Waals surface area contributed by atoms with Crippen molar-refractivity contribution in [2.45, 2.75) is 67.8 Å². The lowest BCUT2D eigenvalue weighted by Gasteiger charge is -2.43. The minimum absolute atomic E-state index is 0.0434. The van der Waals surface area contributed by atoms with Crippen LogP contribution >= 0.6 is 23.1 Å². The number of carbonyl (C=O) groups is 3. The number of aliphatic carboxylic acids is 1. The molecule has 3 atom stereocenters. The molecule has 3 fully saturated rings. The lowest BCUT2D eigenvalue weighted by molar-refractivity contribution is -0.160. The van der Waals surface area contributed by atoms with Gasteiger partial charge in [-0.25, -0.2) is 9.78 Å². The van der Waals surface area contributed by atoms with Gasteiger partial charge in [0.15, 0.2) is 10.8 Å². The molecule has 0 spiro atoms. The molecule has 162 valence electrons. The highest BCUT2D eigenvalue weighted by Crippen LogP contribution is 2.50. The lowest BCUT2D eigenvalue weighted by Crippen LogP contribution is -2.71. The molecule has 1 aromatic rings. The van der Waals surface area contributed by atoms with Crippen LogP contribution in [0.4, 0.5) is 5.13 Å². The third kappa shape index (κ3) is 3.62. The first-order chi connectivity index (χ1) is 14.2. The van der Waals surface area contributed by atoms with Crippen LogP contribution in [0.5, 0.6) is 0 Å². The predicted molar refractivity (Wildman–Crippen MR) is 112 cm³/mol. The van der Waals surface area contributed by atoms with Gasteiger partial charge in [0.05, 0.1) is 0 Å². The number of fused-ring (bicyclic) bond motifs is 1. The van der Waals surface area contributed by atoms with Gasteiger partial charge in [-0.15, -0.1) is 23.1 Å². The molecule has 2 aliphatic heterocycles. The number of carboxylic acid groups (broad SMARTS) is 1. The van der Waals surface area contributed by atoms with E-state index in [-0.39, 0.29) is 22.6 Å². The Kier molecular flexibility index (Phi) is 5.39. The third-order valence-electron chi connectivity index (χ3n) is 5.54. The molecule has 1 aliphatic carbocycles. The molecule has 3 aliphatic rings. The van der Waals surface area contributed by atoms with Gasteiger partial charge in [0.25, 0.3) is 5.91 Å². The van der Waals surface area contributed by atoms with E-state index in [1.165, 1.54) is 28.0 Å². The van der Waals surface area contributed by atoms with Crippen molar-refractivity contribution in [2.75, 3.05) is 5.73 Å². The van der Waals surface area contributed by atoms with E-state index < -0.39 is 40.0 Å². The number of β-lactam (4-membered cyclic amide) rings is 1. The fourth-order valence-electron chi connectivity index (χ4n) is 4.08. The van der Waals surface area contributed by atoms with Gasteiger partial charge in [-0.1, -0.05) is 5.16 Å². The molecule has 1 aromatic heterocycles. The minimum Gasteiger partial charge on any atom is -0.480 e. The Morgan fingerprint density at radius 1 is 1.40 bits per heavy atom. The summed E-state index contributed by atoms with van der Waals surface area (Å²) in [6, 6.07) is -1.77. The van der Waals surface area contributed by atoms with E-state index in [0.29, 0.717) is 0 Å². The SMILES string of the molecule is CC1(C)S[C@@H]2[C@@H](NC(=O)/C(=N\OC3CCCC3)c3csc(N)n3)C(=O)N2[C@H]1C(=O)O. The molecule has 30 heavy (non-hydrogen) atoms. The van der Waals surface area contributed by atoms with Crippen molar-refractivity contribution in [3.8, 4) is 0 Å². The summed E-state index contributed by atoms with van der Waals surface area (Å²) in [5, 5.41) is 17.7. The first-order valence-electron chi connectivity index (χ1n) is 9.68. The number of nitrogens with one attached hydrogen (secondary N) is 1. The molecule has 10 nitrogen and oxygen atoms in total. The maximum Gasteiger partial charge on any atom is 0.327 e. The monoisotopic (exact) mass is 453 g/mol. The highest BCUT2D eigenvalue weighted by atomic mass is 32.2. The quantitative estimate of drug-likeness (QED) is 0.329. The van der Waals surface area contributed by atoms with Crippen molar-refractivity contribution >= 4 is 51.7 Å². The molecule has 4 N–H and O–H groups in total. The number of oxime groups is 1. The van der Waals surface area contributed by atoms with Gasteiger partial charge in [0.2, 0.25) is 5.91 Å². The number of carboxylic acids is 1. The van der Waals surface area contributed by atoms with Gasteiger partial charge in [-0.05, 0) is 39.5 Å². The van der Waals surface area contributed by atoms with Crippen LogP contribution in [0.2, 0.25) is 0 Å². The number of nitrogens with two attached hydrogens (primary N) is 1. The van der Waals surface area contributed by atoms with Gasteiger partial charge in [0, 0.05) is 10.1 Å². The summed E-state index contributed by atoms with van der Waals surface area (Å²) < 4.78 is -0.669. The van der Waals surface area contributed by atoms with E-state index in [2.05, 4.69) is 15.5 Å². The van der Waals surface area contributed by atoms with Gasteiger partial charge in [0.1, 0.15) is 29.3 Å². The number of amides is 2. The van der Waals surface area contributed by atoms with Crippen LogP contribution in [0.15, 0.2) is 10.5 Å². The van der Waals surface area contributed by atoms with Crippen LogP contribution in [0.25, 0.3) is 0 Å². The fourth-order valence-corrected chi connectivity index (χ4v) is 6.25. The van der Waals surface area contributed by atoms with Crippen molar-refractivity contribution in [3.63, 3.8) is 0 Å². The van der Waals surface area contributed by atoms with Crippen LogP contribution in [-0.4, -0.2) is 66.8 Å². The van der Waals surface area contributed by atoms with E-state index in [9.17, 15) is 19.5 Å². The van der Waals surface area contributed by atoms with Gasteiger partial charge in [-0.3, -0.25) is 9.59 Å². The molecule has 3 heterocycles. The number of aromatic nitrogens is 1. The molecule has 2 saturated heterocycles. The summed E-state index contributed by atoms with van der Waals surface area (Å²) in [5.74, 6) is -2.08. The summed E-state index contributed by atoms with van der Waals surface area (Å²) >= 11 is 2.53. The maximum absolute atomic E-state index is 13.0. The van der Waals surface area contributed by atoms with Crippen molar-refractivity contribution in [2.24, 2.45) is 5.16 Å². The highest BCUT2D eigenvalue weighted by Gasteiger charge is 2.64. The van der Waals surface area contributed by atoms with Gasteiger partial charge >= 0.3 is 5.97 Å². The predicted octanol–water partition coefficient (Wildman–Crippen LogP) is 1.02. The molecule has 0 bridgehead atoms. The molecule has 0 aromatic carbocycles. The summed E-state index contributed by atoms with van der Waals surface area (Å²) in [6.45, 7) is 3.56. The van der Waals surface area contributed by atoms with E-state index in [4.69, 9.17) is 10.6 Å². The molecular formula is C18H23N5O5S2. The second-order valence-electron chi connectivity index (χ2n) is 8.07. The number of hydrogen-bond donors (Lipinski definition) is 3. The van der Waals surface area contributed by atoms with Crippen LogP contribution in [-0.2, 0) is 19.2 Å². The number of thioether (sulfide) groups is 1. The second-order valence-corrected chi connectivity index (χ2v) is 10.7. The largest absolute Gasteiger partial charge is 0.480 e. The number of thiazole rings is 1. The van der Waals surface area contributed by atoms with Crippen molar-refractivity contribution in [3.05, 3.63) is 11.1 Å². The van der Waals surface area contributed by atoms with Crippen molar-refractivity contribution in [1.29, 1.82) is 0 Å².